The van der Waals surface area contributed by atoms with Crippen molar-refractivity contribution in [3.63, 3.8) is 0 Å². The number of esters is 1. The number of rotatable bonds is 19. The van der Waals surface area contributed by atoms with Crippen LogP contribution in [0.3, 0.4) is 0 Å². The Hall–Kier alpha value is -7.12. The van der Waals surface area contributed by atoms with E-state index in [9.17, 15) is 19.2 Å². The summed E-state index contributed by atoms with van der Waals surface area (Å²) in [6.45, 7) is 7.16. The number of nitrogens with zero attached hydrogens (tertiary/aromatic N) is 3. The first-order valence-electron chi connectivity index (χ1n) is 29.0. The van der Waals surface area contributed by atoms with Crippen LogP contribution in [0.5, 0.6) is 0 Å². The quantitative estimate of drug-likeness (QED) is 0.0559. The van der Waals surface area contributed by atoms with Gasteiger partial charge in [0.1, 0.15) is 12.2 Å². The van der Waals surface area contributed by atoms with Gasteiger partial charge in [0, 0.05) is 63.4 Å². The van der Waals surface area contributed by atoms with Crippen molar-refractivity contribution in [1.29, 1.82) is 0 Å². The number of hydrogen-bond donors (Lipinski definition) is 4. The van der Waals surface area contributed by atoms with Gasteiger partial charge in [0.05, 0.1) is 33.5 Å². The predicted molar refractivity (Wildman–Crippen MR) is 320 cm³/mol. The van der Waals surface area contributed by atoms with E-state index < -0.39 is 30.4 Å². The minimum Gasteiger partial charge on any atom is -0.479 e. The van der Waals surface area contributed by atoms with E-state index in [0.717, 1.165) is 65.0 Å². The molecule has 4 aliphatic rings. The standard InChI is InChI=1S/C21H25NO3.C20H24N2O2.C20H23NO3.C6H12N2O2/c1-24-21(23)20-13-12-19(16-25-20)22(14-17-8-4-2-5-9-17)15-18-10-6-3-7-11-18;21-20(23)19-12-11-18(15-24-19)22(13-16-7-3-1-4-8-16)14-17-9-5-2-6-10-17;22-20(23)19-12-11-18(15-24-19)21(13-16-7-3-1-4-8-16)14-17-9-5-2-6-10-17;7-4-1-2-5(6(8)9)10-3-4/h2-11,19-20H,12-16H2,1H3;1-10,18-19H,11-15H2,(H2,21,23);1-10,18-19H,11-15H2,(H,22,23);4-5H,1-3,7H2,(H2,8,9)/t19-,20+;2*18-,19+;4-,5+/m1111/s1. The van der Waals surface area contributed by atoms with Gasteiger partial charge in [-0.25, -0.2) is 9.59 Å². The van der Waals surface area contributed by atoms with Crippen LogP contribution in [0.1, 0.15) is 84.7 Å². The van der Waals surface area contributed by atoms with Crippen molar-refractivity contribution in [2.45, 2.75) is 139 Å². The number of benzene rings is 6. The van der Waals surface area contributed by atoms with Gasteiger partial charge in [-0.1, -0.05) is 182 Å². The summed E-state index contributed by atoms with van der Waals surface area (Å²) >= 11 is 0. The summed E-state index contributed by atoms with van der Waals surface area (Å²) < 4.78 is 26.9. The van der Waals surface area contributed by atoms with Crippen LogP contribution >= 0.6 is 0 Å². The molecule has 0 radical (unpaired) electrons. The highest BCUT2D eigenvalue weighted by atomic mass is 16.6. The van der Waals surface area contributed by atoms with Crippen LogP contribution in [0, 0.1) is 0 Å². The smallest absolute Gasteiger partial charge is 0.334 e. The van der Waals surface area contributed by atoms with E-state index in [1.54, 1.807) is 0 Å². The molecule has 4 saturated heterocycles. The molecule has 16 heteroatoms. The lowest BCUT2D eigenvalue weighted by Crippen LogP contribution is -2.45. The maximum atomic E-state index is 11.7. The number of aliphatic carboxylic acids is 1. The zero-order valence-electron chi connectivity index (χ0n) is 47.9. The number of primary amides is 2. The molecule has 0 bridgehead atoms. The molecule has 83 heavy (non-hydrogen) atoms. The van der Waals surface area contributed by atoms with E-state index in [2.05, 4.69) is 136 Å². The Morgan fingerprint density at radius 1 is 0.398 bits per heavy atom. The fraction of sp³-hybridized carbons (Fsp3) is 0.403. The highest BCUT2D eigenvalue weighted by molar-refractivity contribution is 5.79. The van der Waals surface area contributed by atoms with Gasteiger partial charge >= 0.3 is 11.9 Å². The number of nitrogens with two attached hydrogens (primary N) is 3. The maximum absolute atomic E-state index is 11.7. The number of carboxylic acid groups (broad SMARTS) is 1. The average Bonchev–Trinajstić information content (AvgIpc) is 3.55. The maximum Gasteiger partial charge on any atom is 0.334 e. The number of ether oxygens (including phenoxy) is 5. The number of hydrogen-bond acceptors (Lipinski definition) is 13. The minimum atomic E-state index is -0.855. The summed E-state index contributed by atoms with van der Waals surface area (Å²) in [6.07, 6.45) is 4.25. The van der Waals surface area contributed by atoms with E-state index >= 15 is 0 Å². The van der Waals surface area contributed by atoms with Gasteiger partial charge < -0.3 is 46.0 Å². The first-order valence-corrected chi connectivity index (χ1v) is 29.0. The molecule has 6 aromatic carbocycles. The second kappa shape index (κ2) is 34.5. The highest BCUT2D eigenvalue weighted by Gasteiger charge is 2.33. The fourth-order valence-electron chi connectivity index (χ4n) is 10.7. The van der Waals surface area contributed by atoms with Crippen LogP contribution in [-0.2, 0) is 82.1 Å². The number of carboxylic acids is 1. The largest absolute Gasteiger partial charge is 0.479 e. The molecule has 442 valence electrons. The number of amides is 2. The Morgan fingerprint density at radius 2 is 0.651 bits per heavy atom. The molecule has 7 N–H and O–H groups in total. The normalized spacial score (nSPS) is 22.3. The fourth-order valence-corrected chi connectivity index (χ4v) is 10.7. The first-order chi connectivity index (χ1) is 40.4. The third-order valence-electron chi connectivity index (χ3n) is 15.4. The molecule has 0 aliphatic carbocycles. The summed E-state index contributed by atoms with van der Waals surface area (Å²) in [6, 6.07) is 63.5. The molecule has 2 amide bonds. The van der Waals surface area contributed by atoms with Crippen LogP contribution in [0.15, 0.2) is 182 Å². The van der Waals surface area contributed by atoms with E-state index in [4.69, 9.17) is 46.0 Å². The van der Waals surface area contributed by atoms with Crippen molar-refractivity contribution in [3.05, 3.63) is 215 Å². The van der Waals surface area contributed by atoms with Gasteiger partial charge in [-0.15, -0.1) is 0 Å². The van der Waals surface area contributed by atoms with Gasteiger partial charge in [-0.05, 0) is 84.7 Å². The first kappa shape index (κ1) is 63.5. The van der Waals surface area contributed by atoms with Gasteiger partial charge in [-0.2, -0.15) is 0 Å². The molecule has 0 unspecified atom stereocenters. The summed E-state index contributed by atoms with van der Waals surface area (Å²) in [5.41, 5.74) is 23.5. The van der Waals surface area contributed by atoms with Crippen molar-refractivity contribution in [2.24, 2.45) is 17.2 Å². The topological polar surface area (TPSA) is 222 Å². The lowest BCUT2D eigenvalue weighted by atomic mass is 10.0. The van der Waals surface area contributed by atoms with E-state index in [1.165, 1.54) is 40.5 Å². The van der Waals surface area contributed by atoms with Crippen molar-refractivity contribution in [2.75, 3.05) is 33.5 Å². The number of methoxy groups -OCH3 is 1. The highest BCUT2D eigenvalue weighted by Crippen LogP contribution is 2.26. The summed E-state index contributed by atoms with van der Waals surface area (Å²) in [4.78, 5) is 51.8. The van der Waals surface area contributed by atoms with Gasteiger partial charge in [-0.3, -0.25) is 24.3 Å². The molecule has 4 heterocycles. The van der Waals surface area contributed by atoms with Crippen LogP contribution in [-0.4, -0.2) is 126 Å². The molecule has 0 saturated carbocycles. The molecule has 6 aromatic rings. The van der Waals surface area contributed by atoms with Crippen molar-refractivity contribution in [1.82, 2.24) is 14.7 Å². The lowest BCUT2D eigenvalue weighted by molar-refractivity contribution is -0.160. The third kappa shape index (κ3) is 21.9. The summed E-state index contributed by atoms with van der Waals surface area (Å²) in [5.74, 6) is -1.86. The van der Waals surface area contributed by atoms with Crippen LogP contribution in [0.4, 0.5) is 0 Å². The van der Waals surface area contributed by atoms with Crippen LogP contribution in [0.2, 0.25) is 0 Å². The van der Waals surface area contributed by atoms with Gasteiger partial charge in [0.25, 0.3) is 0 Å². The number of carbonyl (C=O) groups excluding carboxylic acids is 3. The van der Waals surface area contributed by atoms with Crippen LogP contribution < -0.4 is 17.2 Å². The minimum absolute atomic E-state index is 0.0793. The third-order valence-corrected chi connectivity index (χ3v) is 15.4. The van der Waals surface area contributed by atoms with Crippen molar-refractivity contribution < 1.29 is 48.0 Å². The Bertz CT molecular complexity index is 2530. The molecular formula is C67H84N6O10. The molecular weight excluding hydrogens is 1050 g/mol. The lowest BCUT2D eigenvalue weighted by Gasteiger charge is -2.36. The molecule has 10 rings (SSSR count). The molecule has 0 aromatic heterocycles. The Balaban J connectivity index is 0.000000165. The SMILES string of the molecule is COC(=O)[C@@H]1CC[C@@H](N(Cc2ccccc2)Cc2ccccc2)CO1.NC(=O)[C@@H]1CC[C@@H](N(Cc2ccccc2)Cc2ccccc2)CO1.NC(=O)[C@@H]1CC[C@@H](N)CO1.O=C(O)[C@@H]1CC[C@@H](N(Cc2ccccc2)Cc2ccccc2)CO1. The van der Waals surface area contributed by atoms with Crippen molar-refractivity contribution in [3.8, 4) is 0 Å². The Kier molecular flexibility index (Phi) is 26.4. The molecule has 16 nitrogen and oxygen atoms in total. The van der Waals surface area contributed by atoms with Gasteiger partial charge in [0.2, 0.25) is 11.8 Å². The Labute approximate surface area is 489 Å². The monoisotopic (exact) mass is 1130 g/mol. The Morgan fingerprint density at radius 3 is 0.867 bits per heavy atom. The second-order valence-corrected chi connectivity index (χ2v) is 21.6. The molecule has 8 atom stereocenters. The molecule has 4 fully saturated rings. The summed E-state index contributed by atoms with van der Waals surface area (Å²) in [5, 5.41) is 9.09. The van der Waals surface area contributed by atoms with Crippen molar-refractivity contribution >= 4 is 23.8 Å². The number of carbonyl (C=O) groups is 4. The van der Waals surface area contributed by atoms with Gasteiger partial charge in [0.15, 0.2) is 12.2 Å². The zero-order chi connectivity index (χ0) is 58.6. The molecule has 0 spiro atoms. The average molecular weight is 1130 g/mol. The predicted octanol–water partition coefficient (Wildman–Crippen LogP) is 8.43. The van der Waals surface area contributed by atoms with E-state index in [0.29, 0.717) is 64.2 Å². The second-order valence-electron chi connectivity index (χ2n) is 21.6. The van der Waals surface area contributed by atoms with E-state index in [-0.39, 0.29) is 29.9 Å². The summed E-state index contributed by atoms with van der Waals surface area (Å²) in [7, 11) is 1.41. The van der Waals surface area contributed by atoms with E-state index in [1.807, 2.05) is 60.7 Å². The van der Waals surface area contributed by atoms with Crippen LogP contribution in [0.25, 0.3) is 0 Å². The molecule has 4 aliphatic heterocycles. The zero-order valence-corrected chi connectivity index (χ0v) is 47.9.